The minimum Gasteiger partial charge on any atom is -0.390 e. The average molecular weight is 379 g/mol. The first-order valence-electron chi connectivity index (χ1n) is 6.52. The summed E-state index contributed by atoms with van der Waals surface area (Å²) in [5.74, 6) is -2.92. The van der Waals surface area contributed by atoms with Crippen molar-refractivity contribution in [3.05, 3.63) is 36.7 Å². The van der Waals surface area contributed by atoms with Crippen molar-refractivity contribution < 1.29 is 14.8 Å². The van der Waals surface area contributed by atoms with Crippen molar-refractivity contribution in [2.45, 2.75) is 0 Å². The zero-order chi connectivity index (χ0) is 19.6. The third-order valence-corrected chi connectivity index (χ3v) is 2.76. The Bertz CT molecular complexity index is 969. The first-order valence-corrected chi connectivity index (χ1v) is 6.52. The number of aromatic amines is 2. The Morgan fingerprint density at radius 3 is 1.56 bits per heavy atom. The number of nitrogens with one attached hydrogen (secondary N) is 4. The molecule has 138 valence electrons. The number of H-pyrrole nitrogens is 2. The van der Waals surface area contributed by atoms with Gasteiger partial charge in [0.15, 0.2) is 0 Å². The Morgan fingerprint density at radius 1 is 0.778 bits per heavy atom. The second-order valence-corrected chi connectivity index (χ2v) is 4.41. The molecule has 27 heavy (non-hydrogen) atoms. The largest absolute Gasteiger partial charge is 0.455 e. The van der Waals surface area contributed by atoms with Crippen LogP contribution < -0.4 is 10.6 Å². The highest BCUT2D eigenvalue weighted by atomic mass is 16.6. The molecule has 3 heterocycles. The average Bonchev–Trinajstić information content (AvgIpc) is 3.24. The number of hydrogen-bond acceptors (Lipinski definition) is 14. The molecule has 0 amide bonds. The lowest BCUT2D eigenvalue weighted by atomic mass is 10.4. The lowest BCUT2D eigenvalue weighted by Crippen LogP contribution is -2.06. The fourth-order valence-corrected chi connectivity index (χ4v) is 1.73. The van der Waals surface area contributed by atoms with Crippen molar-refractivity contribution in [1.29, 1.82) is 0 Å². The first-order chi connectivity index (χ1) is 12.8. The second kappa shape index (κ2) is 6.58. The van der Waals surface area contributed by atoms with E-state index >= 15 is 0 Å². The maximum atomic E-state index is 11.4. The van der Waals surface area contributed by atoms with E-state index in [1.807, 2.05) is 10.2 Å². The van der Waals surface area contributed by atoms with Crippen LogP contribution in [-0.4, -0.2) is 55.1 Å². The van der Waals surface area contributed by atoms with Crippen molar-refractivity contribution in [3.8, 4) is 0 Å². The molecule has 0 aliphatic carbocycles. The molecule has 0 unspecified atom stereocenters. The van der Waals surface area contributed by atoms with Gasteiger partial charge >= 0.3 is 29.5 Å². The van der Waals surface area contributed by atoms with E-state index in [2.05, 4.69) is 40.8 Å². The van der Waals surface area contributed by atoms with Gasteiger partial charge in [-0.25, -0.2) is 9.97 Å². The van der Waals surface area contributed by atoms with Crippen molar-refractivity contribution in [3.63, 3.8) is 0 Å². The van der Waals surface area contributed by atoms with Gasteiger partial charge in [-0.2, -0.15) is 0 Å². The molecule has 3 aromatic heterocycles. The third-order valence-electron chi connectivity index (χ3n) is 2.76. The summed E-state index contributed by atoms with van der Waals surface area (Å²) in [6.45, 7) is 0. The number of anilines is 4. The quantitative estimate of drug-likeness (QED) is 0.309. The van der Waals surface area contributed by atoms with E-state index in [0.29, 0.717) is 0 Å². The summed E-state index contributed by atoms with van der Waals surface area (Å²) in [6.07, 6.45) is 0.916. The molecule has 3 aromatic rings. The maximum Gasteiger partial charge on any atom is 0.455 e. The van der Waals surface area contributed by atoms with Gasteiger partial charge < -0.3 is 20.2 Å². The van der Waals surface area contributed by atoms with Crippen molar-refractivity contribution in [2.24, 2.45) is 0 Å². The van der Waals surface area contributed by atoms with Gasteiger partial charge in [0, 0.05) is 0 Å². The van der Waals surface area contributed by atoms with Gasteiger partial charge in [0.1, 0.15) is 6.33 Å². The molecule has 0 aliphatic heterocycles. The summed E-state index contributed by atoms with van der Waals surface area (Å²) < 4.78 is 0. The normalized spacial score (nSPS) is 10.4. The van der Waals surface area contributed by atoms with Crippen LogP contribution in [0.15, 0.2) is 6.33 Å². The number of hydrogen-bond donors (Lipinski definition) is 4. The molecular weight excluding hydrogens is 374 g/mol. The molecule has 0 spiro atoms. The van der Waals surface area contributed by atoms with Crippen molar-refractivity contribution >= 4 is 41.1 Å². The van der Waals surface area contributed by atoms with Gasteiger partial charge in [0.05, 0.1) is 4.92 Å². The second-order valence-electron chi connectivity index (χ2n) is 4.41. The topological polar surface area (TPSA) is 262 Å². The van der Waals surface area contributed by atoms with Crippen LogP contribution in [-0.2, 0) is 0 Å². The summed E-state index contributed by atoms with van der Waals surface area (Å²) in [5, 5.41) is 48.2. The van der Waals surface area contributed by atoms with Crippen LogP contribution in [0.3, 0.4) is 0 Å². The van der Waals surface area contributed by atoms with Crippen LogP contribution in [0.25, 0.3) is 0 Å². The zero-order valence-corrected chi connectivity index (χ0v) is 12.6. The first kappa shape index (κ1) is 17.0. The molecule has 4 N–H and O–H groups in total. The minimum absolute atomic E-state index is 0.358. The Hall–Kier alpha value is -4.84. The van der Waals surface area contributed by atoms with Gasteiger partial charge in [-0.15, -0.1) is 10.2 Å². The van der Waals surface area contributed by atoms with Gasteiger partial charge in [-0.1, -0.05) is 10.2 Å². The van der Waals surface area contributed by atoms with Gasteiger partial charge in [0.25, 0.3) is 0 Å². The van der Waals surface area contributed by atoms with Gasteiger partial charge in [-0.3, -0.25) is 20.7 Å². The molecule has 0 atom stereocenters. The van der Waals surface area contributed by atoms with Crippen LogP contribution in [0, 0.1) is 30.3 Å². The van der Waals surface area contributed by atoms with E-state index in [1.165, 1.54) is 0 Å². The summed E-state index contributed by atoms with van der Waals surface area (Å²) in [7, 11) is 0. The lowest BCUT2D eigenvalue weighted by molar-refractivity contribution is -0.394. The number of nitrogens with zero attached hydrogens (tertiary/aromatic N) is 9. The molecule has 0 saturated carbocycles. The fraction of sp³-hybridized carbons (Fsp3) is 0. The monoisotopic (exact) mass is 379 g/mol. The Balaban J connectivity index is 1.92. The zero-order valence-electron chi connectivity index (χ0n) is 12.6. The molecule has 0 bridgehead atoms. The molecule has 19 nitrogen and oxygen atoms in total. The van der Waals surface area contributed by atoms with E-state index in [9.17, 15) is 30.3 Å². The van der Waals surface area contributed by atoms with Crippen molar-refractivity contribution in [2.75, 3.05) is 10.6 Å². The van der Waals surface area contributed by atoms with Crippen LogP contribution in [0.5, 0.6) is 0 Å². The highest BCUT2D eigenvalue weighted by Crippen LogP contribution is 2.31. The molecular formula is C8H5N13O6. The van der Waals surface area contributed by atoms with E-state index in [4.69, 9.17) is 0 Å². The maximum absolute atomic E-state index is 11.4. The minimum atomic E-state index is -0.868. The van der Waals surface area contributed by atoms with E-state index in [1.54, 1.807) is 0 Å². The molecule has 0 aliphatic rings. The van der Waals surface area contributed by atoms with E-state index in [-0.39, 0.29) is 11.9 Å². The predicted octanol–water partition coefficient (Wildman–Crippen LogP) is -0.0754. The predicted molar refractivity (Wildman–Crippen MR) is 81.3 cm³/mol. The molecule has 0 radical (unpaired) electrons. The molecule has 0 fully saturated rings. The number of aromatic nitrogens is 8. The standard InChI is InChI=1S/C8H5N13O6/c22-19(23)2-3(11-5-13-7(17-15-5)20(24)25)9-1-10-4(2)12-6-14-8(18-16-6)21(26)27/h1H,(H4,9,10,11,12,13,14,15,16,17,18). The molecule has 19 heteroatoms. The van der Waals surface area contributed by atoms with Gasteiger partial charge in [0.2, 0.25) is 11.6 Å². The molecule has 0 aromatic carbocycles. The van der Waals surface area contributed by atoms with Crippen LogP contribution in [0.4, 0.5) is 41.1 Å². The molecule has 0 saturated heterocycles. The summed E-state index contributed by atoms with van der Waals surface area (Å²) in [6, 6.07) is 0. The third kappa shape index (κ3) is 3.49. The summed E-state index contributed by atoms with van der Waals surface area (Å²) >= 11 is 0. The molecule has 3 rings (SSSR count). The van der Waals surface area contributed by atoms with Crippen LogP contribution in [0.2, 0.25) is 0 Å². The SMILES string of the molecule is O=[N+]([O-])c1nc(Nc2ncnc(Nc3n[nH]c([N+](=O)[O-])n3)c2[N+](=O)[O-])n[nH]1. The van der Waals surface area contributed by atoms with E-state index < -0.39 is 44.0 Å². The van der Waals surface area contributed by atoms with Crippen LogP contribution >= 0.6 is 0 Å². The smallest absolute Gasteiger partial charge is 0.390 e. The summed E-state index contributed by atoms with van der Waals surface area (Å²) in [4.78, 5) is 44.2. The van der Waals surface area contributed by atoms with E-state index in [0.717, 1.165) is 6.33 Å². The number of rotatable bonds is 7. The number of nitro groups is 3. The Kier molecular flexibility index (Phi) is 4.14. The Morgan fingerprint density at radius 2 is 1.22 bits per heavy atom. The highest BCUT2D eigenvalue weighted by molar-refractivity contribution is 5.74. The van der Waals surface area contributed by atoms with Gasteiger partial charge in [-0.05, 0) is 19.8 Å². The fourth-order valence-electron chi connectivity index (χ4n) is 1.73. The van der Waals surface area contributed by atoms with Crippen LogP contribution in [0.1, 0.15) is 0 Å². The highest BCUT2D eigenvalue weighted by Gasteiger charge is 2.27. The Labute approximate surface area is 144 Å². The lowest BCUT2D eigenvalue weighted by Gasteiger charge is -2.04. The summed E-state index contributed by atoms with van der Waals surface area (Å²) in [5.41, 5.74) is -0.711. The van der Waals surface area contributed by atoms with Crippen molar-refractivity contribution in [1.82, 2.24) is 40.3 Å².